The molecule has 0 fully saturated rings. The zero-order chi connectivity index (χ0) is 7.82. The van der Waals surface area contributed by atoms with E-state index in [2.05, 4.69) is 33.8 Å². The topological polar surface area (TPSA) is 23.8 Å². The van der Waals surface area contributed by atoms with Gasteiger partial charge in [-0.25, -0.2) is 0 Å². The fraction of sp³-hybridized carbons (Fsp3) is 0. The van der Waals surface area contributed by atoms with Crippen molar-refractivity contribution in [2.75, 3.05) is 0 Å². The zero-order valence-corrected chi connectivity index (χ0v) is 7.26. The van der Waals surface area contributed by atoms with Crippen molar-refractivity contribution < 1.29 is 18.2 Å². The van der Waals surface area contributed by atoms with Gasteiger partial charge in [0.1, 0.15) is 0 Å². The van der Waals surface area contributed by atoms with Crippen molar-refractivity contribution in [3.05, 3.63) is 35.9 Å². The number of nitriles is 1. The van der Waals surface area contributed by atoms with Gasteiger partial charge in [-0.15, -0.1) is 0 Å². The van der Waals surface area contributed by atoms with Crippen LogP contribution in [-0.4, -0.2) is 0 Å². The van der Waals surface area contributed by atoms with Gasteiger partial charge < -0.3 is 0 Å². The van der Waals surface area contributed by atoms with Gasteiger partial charge >= 0.3 is 27.7 Å². The van der Waals surface area contributed by atoms with Gasteiger partial charge in [0.25, 0.3) is 0 Å². The maximum atomic E-state index is 8.27. The molecule has 10 heavy (non-hydrogen) atoms. The summed E-state index contributed by atoms with van der Waals surface area (Å²) in [5.41, 5.74) is 0.684. The molecule has 0 aliphatic carbocycles. The number of hydrogen-bond donors (Lipinski definition) is 0. The molecule has 0 unspecified atom stereocenters. The van der Waals surface area contributed by atoms with Crippen molar-refractivity contribution in [3.8, 4) is 6.07 Å². The van der Waals surface area contributed by atoms with Gasteiger partial charge in [0.15, 0.2) is 0 Å². The summed E-state index contributed by atoms with van der Waals surface area (Å²) in [5.74, 6) is 0. The Balaban J connectivity index is 0.000000371. The van der Waals surface area contributed by atoms with Crippen LogP contribution in [0.4, 0.5) is 0 Å². The van der Waals surface area contributed by atoms with Gasteiger partial charge in [0.2, 0.25) is 0 Å². The van der Waals surface area contributed by atoms with Crippen LogP contribution in [0.5, 0.6) is 0 Å². The molecule has 0 heterocycles. The Morgan fingerprint density at radius 1 is 1.40 bits per heavy atom. The Morgan fingerprint density at radius 3 is 2.20 bits per heavy atom. The summed E-state index contributed by atoms with van der Waals surface area (Å²) in [6.07, 6.45) is 0. The van der Waals surface area contributed by atoms with Crippen LogP contribution in [0.25, 0.3) is 0 Å². The molecule has 0 atom stereocenters. The third-order valence-electron chi connectivity index (χ3n) is 0.847. The quantitative estimate of drug-likeness (QED) is 0.640. The molecule has 0 bridgehead atoms. The predicted octanol–water partition coefficient (Wildman–Crippen LogP) is 2.05. The first-order chi connectivity index (χ1) is 4.93. The van der Waals surface area contributed by atoms with Gasteiger partial charge in [-0.1, -0.05) is 12.1 Å². The number of benzene rings is 1. The first-order valence-electron chi connectivity index (χ1n) is 2.41. The van der Waals surface area contributed by atoms with Gasteiger partial charge in [0.05, 0.1) is 11.6 Å². The summed E-state index contributed by atoms with van der Waals surface area (Å²) in [5, 5.41) is 8.27. The van der Waals surface area contributed by atoms with E-state index in [4.69, 9.17) is 5.26 Å². The summed E-state index contributed by atoms with van der Waals surface area (Å²) >= 11 is 2.22. The van der Waals surface area contributed by atoms with E-state index in [1.165, 1.54) is 0 Å². The monoisotopic (exact) mass is 243 g/mol. The van der Waals surface area contributed by atoms with E-state index in [1.54, 1.807) is 24.3 Å². The van der Waals surface area contributed by atoms with Crippen LogP contribution in [-0.2, 0) is 18.2 Å². The summed E-state index contributed by atoms with van der Waals surface area (Å²) in [7, 11) is 4.49. The minimum absolute atomic E-state index is 0.684. The standard InChI is InChI=1S/C7H4N.ClH.Pd/c8-6-7-4-2-1-3-5-7;;/h2-5H;1H;/q;;+1/p-1. The van der Waals surface area contributed by atoms with E-state index in [9.17, 15) is 0 Å². The molecular formula is C7H4ClNPd. The molecule has 1 aromatic rings. The van der Waals surface area contributed by atoms with Gasteiger partial charge in [-0.3, -0.25) is 0 Å². The van der Waals surface area contributed by atoms with E-state index in [1.807, 2.05) is 6.07 Å². The van der Waals surface area contributed by atoms with E-state index in [-0.39, 0.29) is 0 Å². The van der Waals surface area contributed by atoms with Crippen molar-refractivity contribution in [1.82, 2.24) is 0 Å². The second-order valence-corrected chi connectivity index (χ2v) is 1.40. The molecule has 1 nitrogen and oxygen atoms in total. The van der Waals surface area contributed by atoms with Crippen LogP contribution in [0.3, 0.4) is 0 Å². The first kappa shape index (κ1) is 9.66. The minimum atomic E-state index is 0.684. The van der Waals surface area contributed by atoms with Crippen LogP contribution in [0.2, 0.25) is 0 Å². The number of nitrogens with zero attached hydrogens (tertiary/aromatic N) is 1. The molecule has 1 radical (unpaired) electrons. The fourth-order valence-corrected chi connectivity index (χ4v) is 0.461. The Kier molecular flexibility index (Phi) is 6.55. The molecule has 0 aliphatic rings. The van der Waals surface area contributed by atoms with E-state index in [0.29, 0.717) is 5.56 Å². The number of hydrogen-bond acceptors (Lipinski definition) is 1. The predicted molar refractivity (Wildman–Crippen MR) is 35.8 cm³/mol. The Hall–Kier alpha value is -0.338. The average molecular weight is 244 g/mol. The molecule has 3 heteroatoms. The SMILES string of the molecule is N#Cc1cc[c]cc1.[Cl][Pd]. The second kappa shape index (κ2) is 6.78. The van der Waals surface area contributed by atoms with E-state index in [0.717, 1.165) is 0 Å². The van der Waals surface area contributed by atoms with Crippen LogP contribution in [0.15, 0.2) is 24.3 Å². The fourth-order valence-electron chi connectivity index (χ4n) is 0.461. The first-order valence-corrected chi connectivity index (χ1v) is 4.42. The molecule has 1 rings (SSSR count). The van der Waals surface area contributed by atoms with Gasteiger partial charge in [-0.05, 0) is 18.2 Å². The molecule has 0 aromatic heterocycles. The Bertz CT molecular complexity index is 205. The molecule has 0 N–H and O–H groups in total. The van der Waals surface area contributed by atoms with E-state index < -0.39 is 0 Å². The average Bonchev–Trinajstić information content (AvgIpc) is 2.10. The Labute approximate surface area is 75.0 Å². The normalized spacial score (nSPS) is 7.00. The molecule has 0 saturated heterocycles. The molecule has 54 valence electrons. The molecule has 0 spiro atoms. The number of rotatable bonds is 0. The second-order valence-electron chi connectivity index (χ2n) is 1.40. The molecule has 0 amide bonds. The zero-order valence-electron chi connectivity index (χ0n) is 4.95. The van der Waals surface area contributed by atoms with Crippen molar-refractivity contribution in [3.63, 3.8) is 0 Å². The van der Waals surface area contributed by atoms with Crippen LogP contribution in [0, 0.1) is 17.4 Å². The van der Waals surface area contributed by atoms with Crippen molar-refractivity contribution in [2.45, 2.75) is 0 Å². The third-order valence-corrected chi connectivity index (χ3v) is 0.847. The van der Waals surface area contributed by atoms with Crippen LogP contribution < -0.4 is 0 Å². The Morgan fingerprint density at radius 2 is 1.90 bits per heavy atom. The van der Waals surface area contributed by atoms with Gasteiger partial charge in [-0.2, -0.15) is 5.26 Å². The molecular weight excluding hydrogens is 240 g/mol. The summed E-state index contributed by atoms with van der Waals surface area (Å²) < 4.78 is 0. The summed E-state index contributed by atoms with van der Waals surface area (Å²) in [4.78, 5) is 0. The van der Waals surface area contributed by atoms with Crippen LogP contribution >= 0.6 is 9.53 Å². The molecule has 0 aliphatic heterocycles. The third kappa shape index (κ3) is 3.64. The van der Waals surface area contributed by atoms with Gasteiger partial charge in [0, 0.05) is 0 Å². The summed E-state index contributed by atoms with van der Waals surface area (Å²) in [6, 6.07) is 11.7. The number of halogens is 1. The molecule has 0 saturated carbocycles. The van der Waals surface area contributed by atoms with Crippen molar-refractivity contribution in [2.24, 2.45) is 0 Å². The van der Waals surface area contributed by atoms with Crippen molar-refractivity contribution >= 4 is 9.53 Å². The van der Waals surface area contributed by atoms with E-state index >= 15 is 0 Å². The summed E-state index contributed by atoms with van der Waals surface area (Å²) in [6.45, 7) is 0. The molecule has 1 aromatic carbocycles. The van der Waals surface area contributed by atoms with Crippen LogP contribution in [0.1, 0.15) is 5.56 Å². The van der Waals surface area contributed by atoms with Crippen molar-refractivity contribution in [1.29, 1.82) is 5.26 Å². The maximum absolute atomic E-state index is 8.27.